The maximum Gasteiger partial charge on any atom is 0.0529 e. The Bertz CT molecular complexity index is 280. The summed E-state index contributed by atoms with van der Waals surface area (Å²) in [5, 5.41) is 3.74. The summed E-state index contributed by atoms with van der Waals surface area (Å²) >= 11 is 6.43. The minimum atomic E-state index is 0.229. The molecule has 1 N–H and O–H groups in total. The van der Waals surface area contributed by atoms with Gasteiger partial charge in [-0.3, -0.25) is 0 Å². The lowest BCUT2D eigenvalue weighted by Crippen LogP contribution is -2.41. The smallest absolute Gasteiger partial charge is 0.0529 e. The fourth-order valence-electron chi connectivity index (χ4n) is 2.17. The van der Waals surface area contributed by atoms with Crippen LogP contribution in [0.15, 0.2) is 30.3 Å². The van der Waals surface area contributed by atoms with E-state index in [2.05, 4.69) is 29.6 Å². The first-order valence-electron chi connectivity index (χ1n) is 5.77. The molecule has 1 nitrogen and oxygen atoms in total. The molecule has 0 spiro atoms. The van der Waals surface area contributed by atoms with Crippen LogP contribution >= 0.6 is 11.6 Å². The van der Waals surface area contributed by atoms with Crippen LogP contribution in [0.1, 0.15) is 24.8 Å². The average Bonchev–Trinajstić information content (AvgIpc) is 2.31. The number of benzene rings is 1. The molecule has 0 saturated carbocycles. The molecule has 1 aromatic carbocycles. The molecule has 0 radical (unpaired) electrons. The van der Waals surface area contributed by atoms with Crippen molar-refractivity contribution in [1.29, 1.82) is 0 Å². The van der Waals surface area contributed by atoms with Gasteiger partial charge in [-0.05, 0) is 31.4 Å². The molecule has 2 unspecified atom stereocenters. The monoisotopic (exact) mass is 223 g/mol. The number of hydrogen-bond donors (Lipinski definition) is 1. The van der Waals surface area contributed by atoms with E-state index in [1.165, 1.54) is 24.8 Å². The van der Waals surface area contributed by atoms with E-state index in [1.807, 2.05) is 6.07 Å². The first-order chi connectivity index (χ1) is 7.36. The van der Waals surface area contributed by atoms with Crippen LogP contribution in [0.4, 0.5) is 0 Å². The van der Waals surface area contributed by atoms with Gasteiger partial charge in [-0.1, -0.05) is 36.8 Å². The van der Waals surface area contributed by atoms with Crippen LogP contribution in [-0.4, -0.2) is 18.0 Å². The quantitative estimate of drug-likeness (QED) is 0.777. The Morgan fingerprint density at radius 3 is 2.73 bits per heavy atom. The molecule has 0 bridgehead atoms. The highest BCUT2D eigenvalue weighted by Crippen LogP contribution is 2.18. The number of halogens is 1. The summed E-state index contributed by atoms with van der Waals surface area (Å²) in [6.45, 7) is 1.13. The SMILES string of the molecule is ClC(Cc1ccccc1)C1CCCCN1. The molecular formula is C13H18ClN. The van der Waals surface area contributed by atoms with Crippen molar-refractivity contribution in [2.75, 3.05) is 6.54 Å². The minimum Gasteiger partial charge on any atom is -0.312 e. The van der Waals surface area contributed by atoms with Gasteiger partial charge in [0.1, 0.15) is 0 Å². The highest BCUT2D eigenvalue weighted by atomic mass is 35.5. The fraction of sp³-hybridized carbons (Fsp3) is 0.538. The normalized spacial score (nSPS) is 23.7. The number of hydrogen-bond acceptors (Lipinski definition) is 1. The van der Waals surface area contributed by atoms with E-state index in [4.69, 9.17) is 11.6 Å². The van der Waals surface area contributed by atoms with E-state index in [9.17, 15) is 0 Å². The van der Waals surface area contributed by atoms with Gasteiger partial charge in [0, 0.05) is 6.04 Å². The Balaban J connectivity index is 1.88. The van der Waals surface area contributed by atoms with Gasteiger partial charge in [0.05, 0.1) is 5.38 Å². The number of piperidine rings is 1. The highest BCUT2D eigenvalue weighted by molar-refractivity contribution is 6.21. The Morgan fingerprint density at radius 1 is 1.27 bits per heavy atom. The second kappa shape index (κ2) is 5.53. The van der Waals surface area contributed by atoms with Gasteiger partial charge < -0.3 is 5.32 Å². The van der Waals surface area contributed by atoms with E-state index >= 15 is 0 Å². The zero-order valence-electron chi connectivity index (χ0n) is 8.95. The van der Waals surface area contributed by atoms with Crippen molar-refractivity contribution in [2.45, 2.75) is 37.1 Å². The lowest BCUT2D eigenvalue weighted by Gasteiger charge is -2.27. The van der Waals surface area contributed by atoms with Crippen LogP contribution in [0, 0.1) is 0 Å². The third-order valence-electron chi connectivity index (χ3n) is 3.06. The molecule has 1 fully saturated rings. The Labute approximate surface area is 96.8 Å². The minimum absolute atomic E-state index is 0.229. The topological polar surface area (TPSA) is 12.0 Å². The van der Waals surface area contributed by atoms with Crippen molar-refractivity contribution >= 4 is 11.6 Å². The molecule has 1 saturated heterocycles. The molecule has 2 rings (SSSR count). The second-order valence-electron chi connectivity index (χ2n) is 4.26. The van der Waals surface area contributed by atoms with Crippen LogP contribution in [0.2, 0.25) is 0 Å². The third-order valence-corrected chi connectivity index (χ3v) is 3.52. The Kier molecular flexibility index (Phi) is 4.04. The predicted octanol–water partition coefficient (Wildman–Crippen LogP) is 2.98. The maximum absolute atomic E-state index is 6.43. The molecule has 0 amide bonds. The Hall–Kier alpha value is -0.530. The first-order valence-corrected chi connectivity index (χ1v) is 6.21. The summed E-state index contributed by atoms with van der Waals surface area (Å²) in [6, 6.07) is 11.0. The summed E-state index contributed by atoms with van der Waals surface area (Å²) in [5.41, 5.74) is 1.34. The summed E-state index contributed by atoms with van der Waals surface area (Å²) < 4.78 is 0. The van der Waals surface area contributed by atoms with Crippen molar-refractivity contribution in [3.8, 4) is 0 Å². The van der Waals surface area contributed by atoms with Crippen LogP contribution in [0.3, 0.4) is 0 Å². The number of rotatable bonds is 3. The molecule has 1 aliphatic heterocycles. The zero-order chi connectivity index (χ0) is 10.5. The molecule has 82 valence electrons. The molecule has 2 heteroatoms. The van der Waals surface area contributed by atoms with Crippen molar-refractivity contribution in [3.63, 3.8) is 0 Å². The summed E-state index contributed by atoms with van der Waals surface area (Å²) in [5.74, 6) is 0. The van der Waals surface area contributed by atoms with E-state index in [1.54, 1.807) is 0 Å². The molecule has 0 aromatic heterocycles. The predicted molar refractivity (Wildman–Crippen MR) is 65.4 cm³/mol. The summed E-state index contributed by atoms with van der Waals surface area (Å²) in [6.07, 6.45) is 4.81. The fourth-order valence-corrected chi connectivity index (χ4v) is 2.56. The summed E-state index contributed by atoms with van der Waals surface area (Å²) in [4.78, 5) is 0. The van der Waals surface area contributed by atoms with E-state index < -0.39 is 0 Å². The van der Waals surface area contributed by atoms with Crippen LogP contribution in [0.25, 0.3) is 0 Å². The van der Waals surface area contributed by atoms with Gasteiger partial charge >= 0.3 is 0 Å². The van der Waals surface area contributed by atoms with Crippen LogP contribution in [0.5, 0.6) is 0 Å². The van der Waals surface area contributed by atoms with Gasteiger partial charge in [-0.25, -0.2) is 0 Å². The van der Waals surface area contributed by atoms with E-state index in [0.717, 1.165) is 13.0 Å². The molecule has 2 atom stereocenters. The van der Waals surface area contributed by atoms with Crippen molar-refractivity contribution in [1.82, 2.24) is 5.32 Å². The van der Waals surface area contributed by atoms with Gasteiger partial charge in [0.25, 0.3) is 0 Å². The van der Waals surface area contributed by atoms with Crippen LogP contribution in [-0.2, 0) is 6.42 Å². The maximum atomic E-state index is 6.43. The second-order valence-corrected chi connectivity index (χ2v) is 4.82. The van der Waals surface area contributed by atoms with Gasteiger partial charge in [0.15, 0.2) is 0 Å². The molecule has 1 aliphatic rings. The van der Waals surface area contributed by atoms with Gasteiger partial charge in [-0.15, -0.1) is 11.6 Å². The number of nitrogens with one attached hydrogen (secondary N) is 1. The lowest BCUT2D eigenvalue weighted by molar-refractivity contribution is 0.387. The highest BCUT2D eigenvalue weighted by Gasteiger charge is 2.21. The van der Waals surface area contributed by atoms with E-state index in [-0.39, 0.29) is 5.38 Å². The van der Waals surface area contributed by atoms with Gasteiger partial charge in [0.2, 0.25) is 0 Å². The van der Waals surface area contributed by atoms with Crippen molar-refractivity contribution in [2.24, 2.45) is 0 Å². The molecule has 1 aromatic rings. The molecule has 0 aliphatic carbocycles. The van der Waals surface area contributed by atoms with Gasteiger partial charge in [-0.2, -0.15) is 0 Å². The van der Waals surface area contributed by atoms with Crippen molar-refractivity contribution in [3.05, 3.63) is 35.9 Å². The van der Waals surface area contributed by atoms with Crippen LogP contribution < -0.4 is 5.32 Å². The zero-order valence-corrected chi connectivity index (χ0v) is 9.71. The lowest BCUT2D eigenvalue weighted by atomic mass is 9.97. The molecule has 15 heavy (non-hydrogen) atoms. The standard InChI is InChI=1S/C13H18ClN/c14-12(13-8-4-5-9-15-13)10-11-6-2-1-3-7-11/h1-3,6-7,12-13,15H,4-5,8-10H2. The average molecular weight is 224 g/mol. The third kappa shape index (κ3) is 3.22. The molecular weight excluding hydrogens is 206 g/mol. The van der Waals surface area contributed by atoms with E-state index in [0.29, 0.717) is 6.04 Å². The van der Waals surface area contributed by atoms with Crippen molar-refractivity contribution < 1.29 is 0 Å². The number of alkyl halides is 1. The summed E-state index contributed by atoms with van der Waals surface area (Å²) in [7, 11) is 0. The first kappa shape index (κ1) is 11.0. The molecule has 1 heterocycles. The largest absolute Gasteiger partial charge is 0.312 e. The Morgan fingerprint density at radius 2 is 2.07 bits per heavy atom.